The second-order valence-electron chi connectivity index (χ2n) is 1.06. The third-order valence-corrected chi connectivity index (χ3v) is 0.183. The van der Waals surface area contributed by atoms with Crippen molar-refractivity contribution in [3.05, 3.63) is 0 Å². The zero-order valence-corrected chi connectivity index (χ0v) is 8.13. The summed E-state index contributed by atoms with van der Waals surface area (Å²) < 4.78 is 34.4. The number of rotatable bonds is 0. The van der Waals surface area contributed by atoms with Gasteiger partial charge in [-0.05, 0) is 0 Å². The summed E-state index contributed by atoms with van der Waals surface area (Å²) in [4.78, 5) is 18.2. The van der Waals surface area contributed by atoms with Gasteiger partial charge in [-0.25, -0.2) is 9.59 Å². The van der Waals surface area contributed by atoms with Gasteiger partial charge in [0.1, 0.15) is 0 Å². The fraction of sp³-hybridized carbons (Fsp3) is 0. The molecule has 0 spiro atoms. The van der Waals surface area contributed by atoms with Crippen LogP contribution in [0.4, 0.5) is 0 Å². The Balaban J connectivity index is -0.000000126. The Kier molecular flexibility index (Phi) is 10.8. The van der Waals surface area contributed by atoms with Crippen LogP contribution in [0.15, 0.2) is 0 Å². The van der Waals surface area contributed by atoms with Gasteiger partial charge in [0.05, 0.1) is 0 Å². The molecule has 0 unspecified atom stereocenters. The number of carboxylic acid groups (broad SMARTS) is 2. The molecule has 0 atom stereocenters. The smallest absolute Gasteiger partial charge is 3.00 e. The van der Waals surface area contributed by atoms with Crippen molar-refractivity contribution in [2.75, 3.05) is 0 Å². The molecule has 0 fully saturated rings. The number of hydrogen-bond acceptors (Lipinski definition) is 6. The molecule has 0 aliphatic heterocycles. The van der Waals surface area contributed by atoms with Gasteiger partial charge in [-0.2, -0.15) is 0 Å². The van der Waals surface area contributed by atoms with E-state index in [9.17, 15) is 0 Å². The molecule has 0 aromatic heterocycles. The minimum atomic E-state index is -5.88. The normalized spacial score (nSPS) is 8.58. The molecule has 0 saturated carbocycles. The van der Waals surface area contributed by atoms with Crippen molar-refractivity contribution < 1.29 is 52.9 Å². The third kappa shape index (κ3) is 53.7. The van der Waals surface area contributed by atoms with Gasteiger partial charge in [0.15, 0.2) is 0 Å². The Bertz CT molecular complexity index is 173. The predicted octanol–water partition coefficient (Wildman–Crippen LogP) is -4.91. The molecule has 2 N–H and O–H groups in total. The first-order chi connectivity index (χ1) is 4.64. The summed E-state index contributed by atoms with van der Waals surface area (Å²) in [5.41, 5.74) is 0. The van der Waals surface area contributed by atoms with Crippen molar-refractivity contribution in [1.29, 1.82) is 0 Å². The van der Waals surface area contributed by atoms with Crippen molar-refractivity contribution >= 4 is 26.5 Å². The molecule has 0 bridgehead atoms. The monoisotopic (exact) mass is 285 g/mol. The molecule has 0 aromatic carbocycles. The van der Waals surface area contributed by atoms with Gasteiger partial charge in [0, 0.05) is 0 Å². The molecule has 0 heterocycles. The Morgan fingerprint density at radius 1 is 1.00 bits per heavy atom. The zero-order chi connectivity index (χ0) is 9.65. The topological polar surface area (TPSA) is 161 Å². The maximum absolute atomic E-state index is 9.10. The van der Waals surface area contributed by atoms with Crippen molar-refractivity contribution in [1.82, 2.24) is 0 Å². The average molecular weight is 285 g/mol. The summed E-state index contributed by atoms with van der Waals surface area (Å²) in [5, 5.41) is 14.8. The van der Waals surface area contributed by atoms with Crippen LogP contribution >= 0.6 is 0 Å². The first kappa shape index (κ1) is 17.7. The van der Waals surface area contributed by atoms with E-state index in [2.05, 4.69) is 0 Å². The minimum Gasteiger partial charge on any atom is 3.00 e. The van der Waals surface area contributed by atoms with Gasteiger partial charge < -0.3 is 10.2 Å². The molecular formula is C2H2AsFeO8. The Labute approximate surface area is 79.7 Å². The van der Waals surface area contributed by atoms with Crippen LogP contribution in [0.3, 0.4) is 0 Å². The quantitative estimate of drug-likeness (QED) is 0.330. The van der Waals surface area contributed by atoms with E-state index in [0.717, 1.165) is 0 Å². The molecule has 8 nitrogen and oxygen atoms in total. The molecule has 71 valence electrons. The van der Waals surface area contributed by atoms with E-state index in [0.29, 0.717) is 0 Å². The van der Waals surface area contributed by atoms with Crippen LogP contribution < -0.4 is 12.3 Å². The number of carboxylic acids is 2. The van der Waals surface area contributed by atoms with E-state index in [1.54, 1.807) is 0 Å². The summed E-state index contributed by atoms with van der Waals surface area (Å²) >= 11 is -5.88. The maximum atomic E-state index is 9.10. The second kappa shape index (κ2) is 7.35. The van der Waals surface area contributed by atoms with Crippen molar-refractivity contribution in [3.63, 3.8) is 0 Å². The van der Waals surface area contributed by atoms with Crippen LogP contribution in [0, 0.1) is 0 Å². The summed E-state index contributed by atoms with van der Waals surface area (Å²) in [5.74, 6) is -3.65. The minimum absolute atomic E-state index is 0. The van der Waals surface area contributed by atoms with Crippen LogP contribution in [-0.4, -0.2) is 36.7 Å². The van der Waals surface area contributed by atoms with E-state index in [1.165, 1.54) is 0 Å². The third-order valence-electron chi connectivity index (χ3n) is 0.183. The standard InChI is InChI=1S/C2H2O4.AsH3O4.Fe/c3-1(4)2(5)6;2-1(3,4)5;/h(H,3,4)(H,5,6);(H3,2,3,4,5);/q;;+3/p-3. The molecule has 12 heavy (non-hydrogen) atoms. The fourth-order valence-corrected chi connectivity index (χ4v) is 0. The van der Waals surface area contributed by atoms with Crippen molar-refractivity contribution in [2.24, 2.45) is 0 Å². The van der Waals surface area contributed by atoms with Crippen LogP contribution in [-0.2, 0) is 30.4 Å². The van der Waals surface area contributed by atoms with E-state index in [-0.39, 0.29) is 17.1 Å². The molecule has 1 radical (unpaired) electrons. The molecule has 0 rings (SSSR count). The Morgan fingerprint density at radius 3 is 1.08 bits per heavy atom. The van der Waals surface area contributed by atoms with E-state index >= 15 is 0 Å². The van der Waals surface area contributed by atoms with Crippen LogP contribution in [0.25, 0.3) is 0 Å². The molecule has 0 aliphatic rings. The molecule has 0 aromatic rings. The Morgan fingerprint density at radius 2 is 1.08 bits per heavy atom. The second-order valence-corrected chi connectivity index (χ2v) is 2.93. The molecule has 0 aliphatic carbocycles. The van der Waals surface area contributed by atoms with Gasteiger partial charge >= 0.3 is 59.5 Å². The molecule has 0 saturated heterocycles. The largest absolute Gasteiger partial charge is 3.00 e. The van der Waals surface area contributed by atoms with Gasteiger partial charge in [-0.15, -0.1) is 0 Å². The SMILES string of the molecule is O=C(O)C(=O)O.O=[As]([O-])([O-])[O-].[Fe+3]. The average Bonchev–Trinajstić information content (AvgIpc) is 1.59. The molecule has 10 heteroatoms. The van der Waals surface area contributed by atoms with Crippen LogP contribution in [0.5, 0.6) is 0 Å². The first-order valence-electron chi connectivity index (χ1n) is 1.84. The zero-order valence-electron chi connectivity index (χ0n) is 5.14. The molecule has 0 amide bonds. The van der Waals surface area contributed by atoms with Gasteiger partial charge in [0.25, 0.3) is 0 Å². The Hall–Kier alpha value is -0.302. The predicted molar refractivity (Wildman–Crippen MR) is 21.7 cm³/mol. The number of carbonyl (C=O) groups is 2. The summed E-state index contributed by atoms with van der Waals surface area (Å²) in [6, 6.07) is 0. The van der Waals surface area contributed by atoms with Crippen molar-refractivity contribution in [3.8, 4) is 0 Å². The fourth-order valence-electron chi connectivity index (χ4n) is 0. The van der Waals surface area contributed by atoms with E-state index < -0.39 is 26.5 Å². The summed E-state index contributed by atoms with van der Waals surface area (Å²) in [6.07, 6.45) is 0. The number of hydrogen-bond donors (Lipinski definition) is 2. The molecular weight excluding hydrogens is 283 g/mol. The van der Waals surface area contributed by atoms with Crippen LogP contribution in [0.2, 0.25) is 0 Å². The van der Waals surface area contributed by atoms with Crippen molar-refractivity contribution in [2.45, 2.75) is 0 Å². The van der Waals surface area contributed by atoms with E-state index in [1.807, 2.05) is 0 Å². The van der Waals surface area contributed by atoms with Gasteiger partial charge in [0.2, 0.25) is 0 Å². The van der Waals surface area contributed by atoms with Gasteiger partial charge in [-0.1, -0.05) is 0 Å². The summed E-state index contributed by atoms with van der Waals surface area (Å²) in [6.45, 7) is 0. The van der Waals surface area contributed by atoms with E-state index in [4.69, 9.17) is 35.8 Å². The van der Waals surface area contributed by atoms with Gasteiger partial charge in [-0.3, -0.25) is 0 Å². The van der Waals surface area contributed by atoms with Crippen LogP contribution in [0.1, 0.15) is 0 Å². The first-order valence-corrected chi connectivity index (χ1v) is 4.90. The number of aliphatic carboxylic acids is 2. The summed E-state index contributed by atoms with van der Waals surface area (Å²) in [7, 11) is 0. The maximum Gasteiger partial charge on any atom is 3.00 e.